The molecule has 198 valence electrons. The summed E-state index contributed by atoms with van der Waals surface area (Å²) in [5.41, 5.74) is 1.67. The summed E-state index contributed by atoms with van der Waals surface area (Å²) in [5.74, 6) is 0.198. The van der Waals surface area contributed by atoms with Crippen molar-refractivity contribution < 1.29 is 23.4 Å². The maximum Gasteiger partial charge on any atom is 0.248 e. The molecule has 0 saturated carbocycles. The molecule has 3 saturated heterocycles. The van der Waals surface area contributed by atoms with E-state index in [1.807, 2.05) is 6.08 Å². The minimum atomic E-state index is -0.508. The highest BCUT2D eigenvalue weighted by molar-refractivity contribution is 6.31. The van der Waals surface area contributed by atoms with Gasteiger partial charge >= 0.3 is 0 Å². The van der Waals surface area contributed by atoms with Gasteiger partial charge in [-0.15, -0.1) is 0 Å². The Morgan fingerprint density at radius 2 is 2.18 bits per heavy atom. The van der Waals surface area contributed by atoms with Gasteiger partial charge in [0, 0.05) is 48.8 Å². The molecule has 3 aliphatic heterocycles. The van der Waals surface area contributed by atoms with Crippen LogP contribution in [0.25, 0.3) is 10.9 Å². The Balaban J connectivity index is 1.25. The molecule has 0 aliphatic carbocycles. The second-order valence-corrected chi connectivity index (χ2v) is 10.0. The van der Waals surface area contributed by atoms with Gasteiger partial charge in [-0.05, 0) is 30.7 Å². The maximum absolute atomic E-state index is 13.6. The van der Waals surface area contributed by atoms with Crippen molar-refractivity contribution in [3.8, 4) is 5.75 Å². The summed E-state index contributed by atoms with van der Waals surface area (Å²) < 4.78 is 30.9. The zero-order valence-electron chi connectivity index (χ0n) is 20.5. The number of morpholine rings is 1. The normalized spacial score (nSPS) is 22.9. The molecule has 9 nitrogen and oxygen atoms in total. The van der Waals surface area contributed by atoms with E-state index in [1.54, 1.807) is 24.3 Å². The van der Waals surface area contributed by atoms with Crippen molar-refractivity contribution in [2.75, 3.05) is 43.5 Å². The van der Waals surface area contributed by atoms with Gasteiger partial charge in [-0.25, -0.2) is 14.4 Å². The summed E-state index contributed by atoms with van der Waals surface area (Å²) in [7, 11) is 0. The van der Waals surface area contributed by atoms with Crippen molar-refractivity contribution in [3.63, 3.8) is 0 Å². The molecule has 0 radical (unpaired) electrons. The molecule has 2 N–H and O–H groups in total. The van der Waals surface area contributed by atoms with Gasteiger partial charge in [-0.1, -0.05) is 17.7 Å². The Morgan fingerprint density at radius 3 is 2.95 bits per heavy atom. The first-order valence-electron chi connectivity index (χ1n) is 12.6. The first kappa shape index (κ1) is 25.0. The fourth-order valence-corrected chi connectivity index (χ4v) is 5.23. The smallest absolute Gasteiger partial charge is 0.248 e. The highest BCUT2D eigenvalue weighted by atomic mass is 35.5. The molecule has 38 heavy (non-hydrogen) atoms. The molecule has 2 bridgehead atoms. The lowest BCUT2D eigenvalue weighted by atomic mass is 10.1. The van der Waals surface area contributed by atoms with Crippen molar-refractivity contribution in [2.24, 2.45) is 0 Å². The van der Waals surface area contributed by atoms with E-state index in [2.05, 4.69) is 25.5 Å². The number of hydrogen-bond donors (Lipinski definition) is 2. The van der Waals surface area contributed by atoms with E-state index in [0.717, 1.165) is 26.0 Å². The quantitative estimate of drug-likeness (QED) is 0.409. The van der Waals surface area contributed by atoms with Gasteiger partial charge in [-0.2, -0.15) is 0 Å². The number of fused-ring (bicyclic) bond motifs is 3. The van der Waals surface area contributed by atoms with Crippen LogP contribution in [0.3, 0.4) is 0 Å². The fourth-order valence-electron chi connectivity index (χ4n) is 5.05. The largest absolute Gasteiger partial charge is 0.486 e. The number of likely N-dealkylation sites (tertiary alicyclic amines) is 1. The first-order valence-corrected chi connectivity index (χ1v) is 13.0. The first-order chi connectivity index (χ1) is 18.5. The molecule has 4 heterocycles. The van der Waals surface area contributed by atoms with Gasteiger partial charge in [0.05, 0.1) is 42.2 Å². The number of anilines is 3. The molecule has 11 heteroatoms. The summed E-state index contributed by atoms with van der Waals surface area (Å²) in [5, 5.41) is 6.76. The van der Waals surface area contributed by atoms with Gasteiger partial charge in [0.1, 0.15) is 29.8 Å². The molecule has 3 aromatic rings. The molecule has 3 aliphatic rings. The lowest BCUT2D eigenvalue weighted by Crippen LogP contribution is -2.36. The second-order valence-electron chi connectivity index (χ2n) is 9.64. The number of halogens is 2. The van der Waals surface area contributed by atoms with Crippen molar-refractivity contribution >= 4 is 45.6 Å². The Morgan fingerprint density at radius 1 is 1.26 bits per heavy atom. The van der Waals surface area contributed by atoms with E-state index < -0.39 is 5.82 Å². The number of aromatic nitrogens is 2. The Hall–Kier alpha value is -3.31. The number of nitrogens with one attached hydrogen (secondary N) is 2. The van der Waals surface area contributed by atoms with E-state index >= 15 is 0 Å². The van der Waals surface area contributed by atoms with E-state index in [4.69, 9.17) is 25.8 Å². The molecule has 1 unspecified atom stereocenters. The average Bonchev–Trinajstić information content (AvgIpc) is 3.66. The van der Waals surface area contributed by atoms with Crippen LogP contribution >= 0.6 is 11.6 Å². The molecule has 3 fully saturated rings. The Labute approximate surface area is 223 Å². The molecular formula is C27H27ClFN5O4. The molecular weight excluding hydrogens is 513 g/mol. The molecule has 0 spiro atoms. The zero-order chi connectivity index (χ0) is 26.1. The third-order valence-electron chi connectivity index (χ3n) is 6.98. The number of ether oxygens (including phenoxy) is 3. The predicted octanol–water partition coefficient (Wildman–Crippen LogP) is 4.30. The Bertz CT molecular complexity index is 1380. The van der Waals surface area contributed by atoms with Crippen molar-refractivity contribution in [1.82, 2.24) is 14.9 Å². The van der Waals surface area contributed by atoms with Crippen LogP contribution in [0.4, 0.5) is 21.6 Å². The van der Waals surface area contributed by atoms with Gasteiger partial charge in [0.25, 0.3) is 0 Å². The number of amides is 1. The van der Waals surface area contributed by atoms with Gasteiger partial charge < -0.3 is 24.8 Å². The minimum Gasteiger partial charge on any atom is -0.486 e. The number of hydrogen-bond acceptors (Lipinski definition) is 8. The lowest BCUT2D eigenvalue weighted by Gasteiger charge is -2.25. The van der Waals surface area contributed by atoms with E-state index in [1.165, 1.54) is 18.5 Å². The molecule has 2 aromatic carbocycles. The monoisotopic (exact) mass is 539 g/mol. The number of carbonyl (C=O) groups excluding carboxylic acids is 1. The molecule has 1 aromatic heterocycles. The van der Waals surface area contributed by atoms with Crippen LogP contribution in [0.15, 0.2) is 48.8 Å². The third-order valence-corrected chi connectivity index (χ3v) is 7.27. The van der Waals surface area contributed by atoms with Crippen LogP contribution in [0.5, 0.6) is 5.75 Å². The lowest BCUT2D eigenvalue weighted by molar-refractivity contribution is -0.111. The van der Waals surface area contributed by atoms with Crippen LogP contribution < -0.4 is 15.4 Å². The Kier molecular flexibility index (Phi) is 7.12. The van der Waals surface area contributed by atoms with E-state index in [9.17, 15) is 9.18 Å². The number of rotatable bonds is 8. The van der Waals surface area contributed by atoms with Crippen LogP contribution in [-0.2, 0) is 14.3 Å². The summed E-state index contributed by atoms with van der Waals surface area (Å²) in [6, 6.07) is 8.31. The third kappa shape index (κ3) is 5.44. The predicted molar refractivity (Wildman–Crippen MR) is 142 cm³/mol. The van der Waals surface area contributed by atoms with Gasteiger partial charge in [-0.3, -0.25) is 9.69 Å². The minimum absolute atomic E-state index is 0.00291. The second kappa shape index (κ2) is 10.8. The van der Waals surface area contributed by atoms with E-state index in [-0.39, 0.29) is 17.0 Å². The molecule has 3 atom stereocenters. The summed E-state index contributed by atoms with van der Waals surface area (Å²) >= 11 is 5.95. The van der Waals surface area contributed by atoms with Gasteiger partial charge in [0.2, 0.25) is 5.91 Å². The van der Waals surface area contributed by atoms with Crippen molar-refractivity contribution in [1.29, 1.82) is 0 Å². The topological polar surface area (TPSA) is 97.8 Å². The number of benzene rings is 2. The fraction of sp³-hybridized carbons (Fsp3) is 0.370. The van der Waals surface area contributed by atoms with Crippen molar-refractivity contribution in [2.45, 2.75) is 31.1 Å². The van der Waals surface area contributed by atoms with Crippen molar-refractivity contribution in [3.05, 3.63) is 59.7 Å². The highest BCUT2D eigenvalue weighted by Gasteiger charge is 2.38. The number of carbonyl (C=O) groups is 1. The molecule has 6 rings (SSSR count). The average molecular weight is 540 g/mol. The highest BCUT2D eigenvalue weighted by Crippen LogP contribution is 2.35. The standard InChI is InChI=1S/C27H27ClFN5O4/c28-21-8-16(3-4-22(21)29)32-27-20-10-24(25(11-23(20)30-15-31-27)38-18-5-7-36-14-18)33-26(35)2-1-6-34-12-19-9-17(34)13-37-19/h1-4,8,10-11,15,17-19H,5-7,9,12-14H2,(H,33,35)(H,30,31,32)/b2-1+/t17-,18?,19-/m0/s1. The molecule has 1 amide bonds. The zero-order valence-corrected chi connectivity index (χ0v) is 21.3. The van der Waals surface area contributed by atoms with Crippen LogP contribution in [0, 0.1) is 5.82 Å². The number of nitrogens with zero attached hydrogens (tertiary/aromatic N) is 3. The summed E-state index contributed by atoms with van der Waals surface area (Å²) in [4.78, 5) is 24.0. The van der Waals surface area contributed by atoms with E-state index in [0.29, 0.717) is 65.7 Å². The maximum atomic E-state index is 13.6. The summed E-state index contributed by atoms with van der Waals surface area (Å²) in [6.45, 7) is 3.46. The van der Waals surface area contributed by atoms with Crippen LogP contribution in [0.2, 0.25) is 5.02 Å². The van der Waals surface area contributed by atoms with Gasteiger partial charge in [0.15, 0.2) is 0 Å². The summed E-state index contributed by atoms with van der Waals surface area (Å²) in [6.07, 6.45) is 6.86. The van der Waals surface area contributed by atoms with Crippen LogP contribution in [-0.4, -0.2) is 71.9 Å². The van der Waals surface area contributed by atoms with Crippen LogP contribution in [0.1, 0.15) is 12.8 Å². The SMILES string of the molecule is O=C(/C=C/CN1C[C@@H]2C[C@H]1CO2)Nc1cc2c(Nc3ccc(F)c(Cl)c3)ncnc2cc1OC1CCOC1.